The van der Waals surface area contributed by atoms with Crippen LogP contribution in [0.4, 0.5) is 17.1 Å². The van der Waals surface area contributed by atoms with E-state index in [0.717, 1.165) is 59.7 Å². The minimum absolute atomic E-state index is 0.0461. The fraction of sp³-hybridized carbons (Fsp3) is 0.158. The van der Waals surface area contributed by atoms with Crippen LogP contribution < -0.4 is 15.5 Å². The molecule has 2 amide bonds. The molecule has 1 aliphatic rings. The predicted molar refractivity (Wildman–Crippen MR) is 175 cm³/mol. The second-order valence-electron chi connectivity index (χ2n) is 11.0. The topological polar surface area (TPSA) is 61.4 Å². The summed E-state index contributed by atoms with van der Waals surface area (Å²) in [5.41, 5.74) is 6.32. The number of anilines is 3. The Morgan fingerprint density at radius 2 is 1.16 bits per heavy atom. The summed E-state index contributed by atoms with van der Waals surface area (Å²) in [5.74, 6) is -0.0518. The number of nitrogens with one attached hydrogen (secondary N) is 2. The first kappa shape index (κ1) is 28.0. The Balaban J connectivity index is 1.10. The third-order valence-electron chi connectivity index (χ3n) is 8.24. The van der Waals surface area contributed by atoms with Crippen LogP contribution in [-0.4, -0.2) is 24.9 Å². The maximum atomic E-state index is 13.5. The lowest BCUT2D eigenvalue weighted by Crippen LogP contribution is -2.38. The van der Waals surface area contributed by atoms with Gasteiger partial charge in [-0.25, -0.2) is 0 Å². The molecule has 6 rings (SSSR count). The van der Waals surface area contributed by atoms with Gasteiger partial charge >= 0.3 is 0 Å². The third kappa shape index (κ3) is 6.68. The first-order valence-electron chi connectivity index (χ1n) is 14.9. The first-order valence-corrected chi connectivity index (χ1v) is 14.9. The fourth-order valence-corrected chi connectivity index (χ4v) is 6.04. The van der Waals surface area contributed by atoms with E-state index >= 15 is 0 Å². The van der Waals surface area contributed by atoms with E-state index in [-0.39, 0.29) is 23.7 Å². The number of carbonyl (C=O) groups excluding carboxylic acids is 2. The second-order valence-corrected chi connectivity index (χ2v) is 11.0. The van der Waals surface area contributed by atoms with Crippen LogP contribution in [-0.2, 0) is 4.79 Å². The van der Waals surface area contributed by atoms with Crippen LogP contribution in [0.1, 0.15) is 34.7 Å². The van der Waals surface area contributed by atoms with Gasteiger partial charge in [-0.05, 0) is 77.9 Å². The average molecular weight is 566 g/mol. The Bertz CT molecular complexity index is 1650. The fourth-order valence-electron chi connectivity index (χ4n) is 6.04. The normalized spacial score (nSPS) is 14.1. The molecule has 1 heterocycles. The highest BCUT2D eigenvalue weighted by Gasteiger charge is 2.33. The molecule has 0 spiro atoms. The number of hydrogen-bond acceptors (Lipinski definition) is 3. The Labute approximate surface area is 253 Å². The van der Waals surface area contributed by atoms with Crippen molar-refractivity contribution in [1.29, 1.82) is 0 Å². The molecule has 5 nitrogen and oxygen atoms in total. The van der Waals surface area contributed by atoms with Crippen molar-refractivity contribution in [3.05, 3.63) is 151 Å². The average Bonchev–Trinajstić information content (AvgIpc) is 3.07. The molecule has 0 aliphatic carbocycles. The maximum absolute atomic E-state index is 13.5. The molecular formula is C38H35N3O2. The number of amides is 2. The van der Waals surface area contributed by atoms with Crippen LogP contribution in [0.3, 0.4) is 0 Å². The van der Waals surface area contributed by atoms with Crippen LogP contribution in [0, 0.1) is 5.92 Å². The molecule has 43 heavy (non-hydrogen) atoms. The van der Waals surface area contributed by atoms with E-state index in [0.29, 0.717) is 5.56 Å². The first-order chi connectivity index (χ1) is 21.2. The number of para-hydroxylation sites is 1. The summed E-state index contributed by atoms with van der Waals surface area (Å²) in [6.45, 7) is 1.73. The van der Waals surface area contributed by atoms with Crippen molar-refractivity contribution in [1.82, 2.24) is 0 Å². The van der Waals surface area contributed by atoms with Gasteiger partial charge in [0.2, 0.25) is 5.91 Å². The van der Waals surface area contributed by atoms with Gasteiger partial charge in [0.1, 0.15) is 0 Å². The van der Waals surface area contributed by atoms with Crippen LogP contribution in [0.5, 0.6) is 0 Å². The Morgan fingerprint density at radius 3 is 1.84 bits per heavy atom. The molecule has 0 bridgehead atoms. The van der Waals surface area contributed by atoms with E-state index in [1.165, 1.54) is 0 Å². The van der Waals surface area contributed by atoms with Gasteiger partial charge in [-0.15, -0.1) is 0 Å². The summed E-state index contributed by atoms with van der Waals surface area (Å²) in [7, 11) is 0. The Kier molecular flexibility index (Phi) is 8.60. The molecule has 1 unspecified atom stereocenters. The largest absolute Gasteiger partial charge is 0.372 e. The molecule has 5 aromatic rings. The minimum Gasteiger partial charge on any atom is -0.372 e. The molecule has 2 N–H and O–H groups in total. The van der Waals surface area contributed by atoms with Crippen molar-refractivity contribution in [3.63, 3.8) is 0 Å². The van der Waals surface area contributed by atoms with E-state index in [9.17, 15) is 9.59 Å². The molecule has 0 radical (unpaired) electrons. The number of carbonyl (C=O) groups is 2. The summed E-state index contributed by atoms with van der Waals surface area (Å²) in [6.07, 6.45) is 1.83. The minimum atomic E-state index is -0.208. The van der Waals surface area contributed by atoms with Gasteiger partial charge < -0.3 is 15.5 Å². The van der Waals surface area contributed by atoms with Gasteiger partial charge in [0.15, 0.2) is 0 Å². The van der Waals surface area contributed by atoms with Gasteiger partial charge in [0, 0.05) is 35.7 Å². The van der Waals surface area contributed by atoms with Gasteiger partial charge in [-0.3, -0.25) is 9.59 Å². The standard InChI is InChI=1S/C38H35N3O2/c42-37(35-19-11-10-18-34(35)28-12-4-1-5-13-28)39-32-20-22-33(23-21-32)41-26-24-30(25-27-41)36(29-14-6-2-7-15-29)38(43)40-31-16-8-3-9-17-31/h1-23,30,36H,24-27H2,(H,39,42)(H,40,43). The number of rotatable bonds is 8. The predicted octanol–water partition coefficient (Wildman–Crippen LogP) is 8.24. The summed E-state index contributed by atoms with van der Waals surface area (Å²) in [5, 5.41) is 6.21. The van der Waals surface area contributed by atoms with Gasteiger partial charge in [-0.2, -0.15) is 0 Å². The van der Waals surface area contributed by atoms with E-state index in [2.05, 4.69) is 39.8 Å². The van der Waals surface area contributed by atoms with Gasteiger partial charge in [0.25, 0.3) is 5.91 Å². The number of piperidine rings is 1. The molecule has 214 valence electrons. The molecule has 5 aromatic carbocycles. The molecule has 1 atom stereocenters. The van der Waals surface area contributed by atoms with Crippen molar-refractivity contribution in [3.8, 4) is 11.1 Å². The van der Waals surface area contributed by atoms with Crippen molar-refractivity contribution in [2.45, 2.75) is 18.8 Å². The van der Waals surface area contributed by atoms with Crippen LogP contribution >= 0.6 is 0 Å². The van der Waals surface area contributed by atoms with Crippen molar-refractivity contribution < 1.29 is 9.59 Å². The van der Waals surface area contributed by atoms with E-state index < -0.39 is 0 Å². The SMILES string of the molecule is O=C(Nc1ccc(N2CCC(C(C(=O)Nc3ccccc3)c3ccccc3)CC2)cc1)c1ccccc1-c1ccccc1. The highest BCUT2D eigenvalue weighted by Crippen LogP contribution is 2.35. The zero-order valence-electron chi connectivity index (χ0n) is 24.0. The smallest absolute Gasteiger partial charge is 0.256 e. The lowest BCUT2D eigenvalue weighted by Gasteiger charge is -2.37. The van der Waals surface area contributed by atoms with Crippen molar-refractivity contribution >= 4 is 28.9 Å². The molecule has 5 heteroatoms. The van der Waals surface area contributed by atoms with E-state index in [1.54, 1.807) is 0 Å². The van der Waals surface area contributed by atoms with Gasteiger partial charge in [-0.1, -0.05) is 97.1 Å². The second kappa shape index (κ2) is 13.2. The highest BCUT2D eigenvalue weighted by atomic mass is 16.2. The zero-order chi connectivity index (χ0) is 29.4. The molecule has 1 fully saturated rings. The summed E-state index contributed by atoms with van der Waals surface area (Å²) < 4.78 is 0. The number of benzene rings is 5. The molecule has 1 saturated heterocycles. The summed E-state index contributed by atoms with van der Waals surface area (Å²) >= 11 is 0. The maximum Gasteiger partial charge on any atom is 0.256 e. The quantitative estimate of drug-likeness (QED) is 0.199. The molecular weight excluding hydrogens is 530 g/mol. The lowest BCUT2D eigenvalue weighted by atomic mass is 9.79. The van der Waals surface area contributed by atoms with E-state index in [4.69, 9.17) is 0 Å². The van der Waals surface area contributed by atoms with Gasteiger partial charge in [0.05, 0.1) is 5.92 Å². The molecule has 0 saturated carbocycles. The monoisotopic (exact) mass is 565 g/mol. The summed E-state index contributed by atoms with van der Waals surface area (Å²) in [4.78, 5) is 29.1. The highest BCUT2D eigenvalue weighted by molar-refractivity contribution is 6.08. The summed E-state index contributed by atoms with van der Waals surface area (Å²) in [6, 6.07) is 45.5. The van der Waals surface area contributed by atoms with Crippen LogP contribution in [0.25, 0.3) is 11.1 Å². The number of hydrogen-bond donors (Lipinski definition) is 2. The molecule has 1 aliphatic heterocycles. The Morgan fingerprint density at radius 1 is 0.605 bits per heavy atom. The van der Waals surface area contributed by atoms with E-state index in [1.807, 2.05) is 115 Å². The Hall–Kier alpha value is -5.16. The zero-order valence-corrected chi connectivity index (χ0v) is 24.0. The number of nitrogens with zero attached hydrogens (tertiary/aromatic N) is 1. The third-order valence-corrected chi connectivity index (χ3v) is 8.24. The van der Waals surface area contributed by atoms with Crippen LogP contribution in [0.2, 0.25) is 0 Å². The lowest BCUT2D eigenvalue weighted by molar-refractivity contribution is -0.118. The van der Waals surface area contributed by atoms with Crippen LogP contribution in [0.15, 0.2) is 140 Å². The van der Waals surface area contributed by atoms with Crippen molar-refractivity contribution in [2.24, 2.45) is 5.92 Å². The molecule has 0 aromatic heterocycles. The van der Waals surface area contributed by atoms with Crippen molar-refractivity contribution in [2.75, 3.05) is 28.6 Å².